The number of pyridine rings is 1. The fraction of sp³-hybridized carbons (Fsp3) is 0.500. The van der Waals surface area contributed by atoms with Crippen LogP contribution in [0.5, 0.6) is 0 Å². The molecule has 0 spiro atoms. The largest absolute Gasteiger partial charge is 0.354 e. The second-order valence-corrected chi connectivity index (χ2v) is 8.27. The molecule has 0 atom stereocenters. The second kappa shape index (κ2) is 7.71. The second-order valence-electron chi connectivity index (χ2n) is 8.27. The summed E-state index contributed by atoms with van der Waals surface area (Å²) in [6, 6.07) is 3.69. The Kier molecular flexibility index (Phi) is 5.51. The molecule has 3 heterocycles. The van der Waals surface area contributed by atoms with E-state index >= 15 is 0 Å². The minimum Gasteiger partial charge on any atom is -0.354 e. The molecule has 0 aliphatic carbocycles. The van der Waals surface area contributed by atoms with E-state index in [2.05, 4.69) is 37.1 Å². The van der Waals surface area contributed by atoms with E-state index in [1.807, 2.05) is 26.8 Å². The Morgan fingerprint density at radius 3 is 2.39 bits per heavy atom. The monoisotopic (exact) mass is 384 g/mol. The molecule has 2 N–H and O–H groups in total. The average molecular weight is 384 g/mol. The highest BCUT2D eigenvalue weighted by atomic mass is 16.2. The molecule has 1 aliphatic heterocycles. The highest BCUT2D eigenvalue weighted by Crippen LogP contribution is 2.19. The fourth-order valence-corrected chi connectivity index (χ4v) is 3.08. The van der Waals surface area contributed by atoms with Crippen molar-refractivity contribution in [3.05, 3.63) is 45.8 Å². The Labute approximate surface area is 165 Å². The van der Waals surface area contributed by atoms with Crippen LogP contribution in [-0.2, 0) is 5.41 Å². The number of carbonyl (C=O) groups is 1. The highest BCUT2D eigenvalue weighted by molar-refractivity contribution is 6.04. The first-order valence-corrected chi connectivity index (χ1v) is 9.47. The van der Waals surface area contributed by atoms with Crippen molar-refractivity contribution >= 4 is 17.4 Å². The van der Waals surface area contributed by atoms with Crippen molar-refractivity contribution in [3.63, 3.8) is 0 Å². The van der Waals surface area contributed by atoms with Crippen LogP contribution in [0.3, 0.4) is 0 Å². The van der Waals surface area contributed by atoms with Gasteiger partial charge in [0.1, 0.15) is 17.2 Å². The van der Waals surface area contributed by atoms with E-state index in [-0.39, 0.29) is 11.0 Å². The van der Waals surface area contributed by atoms with Crippen molar-refractivity contribution in [2.24, 2.45) is 0 Å². The molecule has 0 radical (unpaired) electrons. The van der Waals surface area contributed by atoms with Crippen LogP contribution in [0.2, 0.25) is 0 Å². The summed E-state index contributed by atoms with van der Waals surface area (Å²) in [5, 5.41) is 2.75. The van der Waals surface area contributed by atoms with E-state index in [0.29, 0.717) is 17.2 Å². The van der Waals surface area contributed by atoms with Crippen molar-refractivity contribution in [2.75, 3.05) is 43.4 Å². The highest BCUT2D eigenvalue weighted by Gasteiger charge is 2.22. The van der Waals surface area contributed by atoms with Crippen LogP contribution >= 0.6 is 0 Å². The lowest BCUT2D eigenvalue weighted by atomic mass is 9.95. The SMILES string of the molecule is Cc1nc(C(C)(C)C)[nH]c(=O)c1C(=O)Nc1ccc(N2CCN(C)CC2)nc1. The third-order valence-corrected chi connectivity index (χ3v) is 4.87. The van der Waals surface area contributed by atoms with Crippen LogP contribution in [-0.4, -0.2) is 59.0 Å². The van der Waals surface area contributed by atoms with Crippen molar-refractivity contribution in [3.8, 4) is 0 Å². The van der Waals surface area contributed by atoms with Gasteiger partial charge in [-0.25, -0.2) is 9.97 Å². The number of likely N-dealkylation sites (N-methyl/N-ethyl adjacent to an activating group) is 1. The molecule has 0 unspecified atom stereocenters. The number of carbonyl (C=O) groups excluding carboxylic acids is 1. The molecule has 8 nitrogen and oxygen atoms in total. The smallest absolute Gasteiger partial charge is 0.264 e. The first-order chi connectivity index (χ1) is 13.1. The van der Waals surface area contributed by atoms with Gasteiger partial charge in [-0.2, -0.15) is 0 Å². The fourth-order valence-electron chi connectivity index (χ4n) is 3.08. The number of aromatic nitrogens is 3. The molecular weight excluding hydrogens is 356 g/mol. The van der Waals surface area contributed by atoms with Gasteiger partial charge in [0.05, 0.1) is 17.6 Å². The quantitative estimate of drug-likeness (QED) is 0.838. The number of piperazine rings is 1. The number of amides is 1. The molecule has 2 aromatic rings. The number of nitrogens with zero attached hydrogens (tertiary/aromatic N) is 4. The van der Waals surface area contributed by atoms with Crippen molar-refractivity contribution in [1.29, 1.82) is 0 Å². The van der Waals surface area contributed by atoms with Crippen molar-refractivity contribution in [1.82, 2.24) is 19.9 Å². The predicted octanol–water partition coefficient (Wildman–Crippen LogP) is 1.77. The standard InChI is InChI=1S/C20H28N6O2/c1-13-16(18(28)24-19(22-13)20(2,3)4)17(27)23-14-6-7-15(21-12-14)26-10-8-25(5)9-11-26/h6-7,12H,8-11H2,1-5H3,(H,23,27)(H,22,24,28). The maximum atomic E-state index is 12.6. The van der Waals surface area contributed by atoms with Crippen LogP contribution in [0.15, 0.2) is 23.1 Å². The minimum atomic E-state index is -0.485. The average Bonchev–Trinajstić information content (AvgIpc) is 2.62. The minimum absolute atomic E-state index is 0.0242. The summed E-state index contributed by atoms with van der Waals surface area (Å²) < 4.78 is 0. The molecule has 1 amide bonds. The lowest BCUT2D eigenvalue weighted by Gasteiger charge is -2.33. The first kappa shape index (κ1) is 20.0. The van der Waals surface area contributed by atoms with Gasteiger partial charge in [0.2, 0.25) is 0 Å². The third-order valence-electron chi connectivity index (χ3n) is 4.87. The number of H-pyrrole nitrogens is 1. The molecule has 1 aliphatic rings. The van der Waals surface area contributed by atoms with Gasteiger partial charge in [0, 0.05) is 31.6 Å². The Morgan fingerprint density at radius 1 is 1.18 bits per heavy atom. The van der Waals surface area contributed by atoms with Crippen LogP contribution < -0.4 is 15.8 Å². The summed E-state index contributed by atoms with van der Waals surface area (Å²) in [6.07, 6.45) is 1.62. The molecule has 3 rings (SSSR count). The van der Waals surface area contributed by atoms with E-state index in [1.165, 1.54) is 0 Å². The van der Waals surface area contributed by atoms with Gasteiger partial charge in [-0.15, -0.1) is 0 Å². The topological polar surface area (TPSA) is 94.2 Å². The molecule has 0 bridgehead atoms. The third kappa shape index (κ3) is 4.39. The Balaban J connectivity index is 1.74. The summed E-state index contributed by atoms with van der Waals surface area (Å²) in [5.74, 6) is 0.960. The molecule has 2 aromatic heterocycles. The number of anilines is 2. The molecule has 8 heteroatoms. The zero-order valence-corrected chi connectivity index (χ0v) is 17.2. The lowest BCUT2D eigenvalue weighted by molar-refractivity contribution is 0.102. The van der Waals surface area contributed by atoms with E-state index in [0.717, 1.165) is 32.0 Å². The first-order valence-electron chi connectivity index (χ1n) is 9.47. The van der Waals surface area contributed by atoms with E-state index in [1.54, 1.807) is 19.2 Å². The van der Waals surface area contributed by atoms with Crippen molar-refractivity contribution < 1.29 is 4.79 Å². The number of hydrogen-bond donors (Lipinski definition) is 2. The van der Waals surface area contributed by atoms with Gasteiger partial charge in [0.25, 0.3) is 11.5 Å². The zero-order chi connectivity index (χ0) is 20.5. The van der Waals surface area contributed by atoms with Crippen molar-refractivity contribution in [2.45, 2.75) is 33.1 Å². The molecule has 0 aromatic carbocycles. The molecule has 150 valence electrons. The molecule has 0 saturated carbocycles. The maximum Gasteiger partial charge on any atom is 0.264 e. The number of nitrogens with one attached hydrogen (secondary N) is 2. The Morgan fingerprint density at radius 2 is 1.86 bits per heavy atom. The molecule has 28 heavy (non-hydrogen) atoms. The summed E-state index contributed by atoms with van der Waals surface area (Å²) in [7, 11) is 2.11. The van der Waals surface area contributed by atoms with E-state index in [4.69, 9.17) is 0 Å². The summed E-state index contributed by atoms with van der Waals surface area (Å²) in [4.78, 5) is 41.2. The molecular formula is C20H28N6O2. The predicted molar refractivity (Wildman–Crippen MR) is 110 cm³/mol. The van der Waals surface area contributed by atoms with Gasteiger partial charge < -0.3 is 20.1 Å². The van der Waals surface area contributed by atoms with Crippen LogP contribution in [0.4, 0.5) is 11.5 Å². The van der Waals surface area contributed by atoms with Gasteiger partial charge in [-0.1, -0.05) is 20.8 Å². The van der Waals surface area contributed by atoms with Gasteiger partial charge in [-0.05, 0) is 26.1 Å². The zero-order valence-electron chi connectivity index (χ0n) is 17.2. The van der Waals surface area contributed by atoms with Crippen LogP contribution in [0, 0.1) is 6.92 Å². The number of hydrogen-bond acceptors (Lipinski definition) is 6. The van der Waals surface area contributed by atoms with E-state index in [9.17, 15) is 9.59 Å². The van der Waals surface area contributed by atoms with Gasteiger partial charge >= 0.3 is 0 Å². The normalized spacial score (nSPS) is 15.5. The lowest BCUT2D eigenvalue weighted by Crippen LogP contribution is -2.44. The Hall–Kier alpha value is -2.74. The van der Waals surface area contributed by atoms with Crippen LogP contribution in [0.1, 0.15) is 42.6 Å². The van der Waals surface area contributed by atoms with Gasteiger partial charge in [0.15, 0.2) is 0 Å². The van der Waals surface area contributed by atoms with E-state index < -0.39 is 11.5 Å². The Bertz CT molecular complexity index is 906. The van der Waals surface area contributed by atoms with Crippen LogP contribution in [0.25, 0.3) is 0 Å². The summed E-state index contributed by atoms with van der Waals surface area (Å²) in [5.41, 5.74) is 0.241. The number of aryl methyl sites for hydroxylation is 1. The summed E-state index contributed by atoms with van der Waals surface area (Å²) in [6.45, 7) is 11.4. The summed E-state index contributed by atoms with van der Waals surface area (Å²) >= 11 is 0. The molecule has 1 fully saturated rings. The number of aromatic amines is 1. The van der Waals surface area contributed by atoms with Gasteiger partial charge in [-0.3, -0.25) is 9.59 Å². The molecule has 1 saturated heterocycles. The maximum absolute atomic E-state index is 12.6. The number of rotatable bonds is 3.